The number of rotatable bonds is 2. The van der Waals surface area contributed by atoms with E-state index >= 15 is 0 Å². The molecule has 5 heteroatoms. The maximum atomic E-state index is 13.0. The SMILES string of the molecule is CC1(C)C(C(F)(F)F)CCN1CC1CCCNC1. The number of nitrogens with zero attached hydrogens (tertiary/aromatic N) is 1. The minimum atomic E-state index is -4.07. The number of hydrogen-bond donors (Lipinski definition) is 1. The van der Waals surface area contributed by atoms with Crippen molar-refractivity contribution < 1.29 is 13.2 Å². The van der Waals surface area contributed by atoms with Crippen LogP contribution in [-0.2, 0) is 0 Å². The van der Waals surface area contributed by atoms with Crippen LogP contribution in [0.4, 0.5) is 13.2 Å². The molecule has 18 heavy (non-hydrogen) atoms. The first-order valence-corrected chi connectivity index (χ1v) is 6.84. The smallest absolute Gasteiger partial charge is 0.316 e. The molecular weight excluding hydrogens is 241 g/mol. The van der Waals surface area contributed by atoms with Gasteiger partial charge in [0.1, 0.15) is 0 Å². The van der Waals surface area contributed by atoms with E-state index in [4.69, 9.17) is 0 Å². The average Bonchev–Trinajstić information content (AvgIpc) is 2.55. The van der Waals surface area contributed by atoms with Gasteiger partial charge < -0.3 is 5.32 Å². The lowest BCUT2D eigenvalue weighted by Crippen LogP contribution is -2.50. The summed E-state index contributed by atoms with van der Waals surface area (Å²) >= 11 is 0. The number of alkyl halides is 3. The fourth-order valence-electron chi connectivity index (χ4n) is 3.43. The molecule has 0 saturated carbocycles. The predicted molar refractivity (Wildman–Crippen MR) is 65.4 cm³/mol. The zero-order valence-electron chi connectivity index (χ0n) is 11.2. The zero-order valence-corrected chi connectivity index (χ0v) is 11.2. The monoisotopic (exact) mass is 264 g/mol. The molecular formula is C13H23F3N2. The molecule has 2 saturated heterocycles. The molecule has 2 heterocycles. The van der Waals surface area contributed by atoms with E-state index < -0.39 is 17.6 Å². The lowest BCUT2D eigenvalue weighted by atomic mass is 9.87. The number of likely N-dealkylation sites (tertiary alicyclic amines) is 1. The molecule has 0 radical (unpaired) electrons. The normalized spacial score (nSPS) is 33.8. The summed E-state index contributed by atoms with van der Waals surface area (Å²) in [7, 11) is 0. The molecule has 0 aromatic heterocycles. The molecule has 0 aromatic rings. The minimum absolute atomic E-state index is 0.247. The number of halogens is 3. The van der Waals surface area contributed by atoms with Crippen molar-refractivity contribution in [3.8, 4) is 0 Å². The number of nitrogens with one attached hydrogen (secondary N) is 1. The van der Waals surface area contributed by atoms with Gasteiger partial charge in [-0.2, -0.15) is 13.2 Å². The second kappa shape index (κ2) is 5.00. The van der Waals surface area contributed by atoms with Crippen LogP contribution in [0.1, 0.15) is 33.1 Å². The van der Waals surface area contributed by atoms with Gasteiger partial charge in [-0.15, -0.1) is 0 Å². The Kier molecular flexibility index (Phi) is 3.93. The van der Waals surface area contributed by atoms with Crippen LogP contribution in [-0.4, -0.2) is 42.8 Å². The van der Waals surface area contributed by atoms with E-state index in [1.54, 1.807) is 13.8 Å². The highest BCUT2D eigenvalue weighted by molar-refractivity contribution is 4.99. The summed E-state index contributed by atoms with van der Waals surface area (Å²) in [5.74, 6) is -0.674. The lowest BCUT2D eigenvalue weighted by molar-refractivity contribution is -0.191. The molecule has 2 aliphatic rings. The van der Waals surface area contributed by atoms with Gasteiger partial charge in [-0.3, -0.25) is 4.90 Å². The van der Waals surface area contributed by atoms with Gasteiger partial charge in [0.25, 0.3) is 0 Å². The molecule has 0 aromatic carbocycles. The van der Waals surface area contributed by atoms with Crippen LogP contribution in [0.15, 0.2) is 0 Å². The third-order valence-electron chi connectivity index (χ3n) is 4.63. The van der Waals surface area contributed by atoms with E-state index in [9.17, 15) is 13.2 Å². The van der Waals surface area contributed by atoms with Gasteiger partial charge in [-0.25, -0.2) is 0 Å². The molecule has 2 nitrogen and oxygen atoms in total. The predicted octanol–water partition coefficient (Wildman–Crippen LogP) is 2.65. The van der Waals surface area contributed by atoms with Crippen molar-refractivity contribution >= 4 is 0 Å². The van der Waals surface area contributed by atoms with Crippen LogP contribution in [0.2, 0.25) is 0 Å². The molecule has 2 fully saturated rings. The Morgan fingerprint density at radius 2 is 2.00 bits per heavy atom. The van der Waals surface area contributed by atoms with Crippen molar-refractivity contribution in [3.05, 3.63) is 0 Å². The van der Waals surface area contributed by atoms with E-state index in [2.05, 4.69) is 5.32 Å². The van der Waals surface area contributed by atoms with Crippen molar-refractivity contribution in [1.82, 2.24) is 10.2 Å². The summed E-state index contributed by atoms with van der Waals surface area (Å²) < 4.78 is 38.9. The van der Waals surface area contributed by atoms with Crippen molar-refractivity contribution in [2.45, 2.75) is 44.8 Å². The molecule has 2 aliphatic heterocycles. The average molecular weight is 264 g/mol. The first-order chi connectivity index (χ1) is 8.32. The van der Waals surface area contributed by atoms with E-state index in [1.807, 2.05) is 4.90 Å². The van der Waals surface area contributed by atoms with Gasteiger partial charge in [0, 0.05) is 12.1 Å². The Bertz CT molecular complexity index is 282. The first-order valence-electron chi connectivity index (χ1n) is 6.84. The van der Waals surface area contributed by atoms with E-state index in [0.717, 1.165) is 32.5 Å². The van der Waals surface area contributed by atoms with Gasteiger partial charge in [-0.05, 0) is 58.7 Å². The van der Waals surface area contributed by atoms with Crippen LogP contribution in [0.5, 0.6) is 0 Å². The third kappa shape index (κ3) is 2.82. The molecule has 2 rings (SSSR count). The van der Waals surface area contributed by atoms with Crippen LogP contribution >= 0.6 is 0 Å². The Hall–Kier alpha value is -0.290. The maximum absolute atomic E-state index is 13.0. The highest BCUT2D eigenvalue weighted by Crippen LogP contribution is 2.44. The molecule has 0 aliphatic carbocycles. The highest BCUT2D eigenvalue weighted by atomic mass is 19.4. The molecule has 0 spiro atoms. The largest absolute Gasteiger partial charge is 0.393 e. The van der Waals surface area contributed by atoms with Crippen molar-refractivity contribution in [1.29, 1.82) is 0 Å². The summed E-state index contributed by atoms with van der Waals surface area (Å²) in [5, 5.41) is 3.33. The Balaban J connectivity index is 1.98. The first kappa shape index (κ1) is 14.1. The molecule has 2 unspecified atom stereocenters. The van der Waals surface area contributed by atoms with Gasteiger partial charge >= 0.3 is 6.18 Å². The molecule has 0 bridgehead atoms. The summed E-state index contributed by atoms with van der Waals surface area (Å²) in [6.45, 7) is 6.86. The van der Waals surface area contributed by atoms with E-state index in [-0.39, 0.29) is 6.42 Å². The fraction of sp³-hybridized carbons (Fsp3) is 1.00. The Morgan fingerprint density at radius 1 is 1.28 bits per heavy atom. The van der Waals surface area contributed by atoms with E-state index in [1.165, 1.54) is 0 Å². The van der Waals surface area contributed by atoms with Crippen LogP contribution in [0.25, 0.3) is 0 Å². The number of piperidine rings is 1. The summed E-state index contributed by atoms with van der Waals surface area (Å²) in [5.41, 5.74) is -0.754. The van der Waals surface area contributed by atoms with Crippen molar-refractivity contribution in [2.24, 2.45) is 11.8 Å². The molecule has 2 atom stereocenters. The van der Waals surface area contributed by atoms with Crippen LogP contribution < -0.4 is 5.32 Å². The van der Waals surface area contributed by atoms with Gasteiger partial charge in [0.2, 0.25) is 0 Å². The van der Waals surface area contributed by atoms with Crippen LogP contribution in [0.3, 0.4) is 0 Å². The van der Waals surface area contributed by atoms with E-state index in [0.29, 0.717) is 12.5 Å². The van der Waals surface area contributed by atoms with Crippen molar-refractivity contribution in [3.63, 3.8) is 0 Å². The molecule has 1 N–H and O–H groups in total. The number of hydrogen-bond acceptors (Lipinski definition) is 2. The third-order valence-corrected chi connectivity index (χ3v) is 4.63. The van der Waals surface area contributed by atoms with Crippen LogP contribution in [0, 0.1) is 11.8 Å². The molecule has 0 amide bonds. The zero-order chi connectivity index (χ0) is 13.4. The Morgan fingerprint density at radius 3 is 2.50 bits per heavy atom. The Labute approximate surface area is 107 Å². The van der Waals surface area contributed by atoms with Gasteiger partial charge in [0.15, 0.2) is 0 Å². The lowest BCUT2D eigenvalue weighted by Gasteiger charge is -2.39. The minimum Gasteiger partial charge on any atom is -0.316 e. The summed E-state index contributed by atoms with van der Waals surface area (Å²) in [4.78, 5) is 2.04. The molecule has 106 valence electrons. The topological polar surface area (TPSA) is 15.3 Å². The summed E-state index contributed by atoms with van der Waals surface area (Å²) in [6.07, 6.45) is -1.54. The fourth-order valence-corrected chi connectivity index (χ4v) is 3.43. The van der Waals surface area contributed by atoms with Gasteiger partial charge in [0.05, 0.1) is 5.92 Å². The highest BCUT2D eigenvalue weighted by Gasteiger charge is 2.54. The van der Waals surface area contributed by atoms with Crippen molar-refractivity contribution in [2.75, 3.05) is 26.2 Å². The quantitative estimate of drug-likeness (QED) is 0.825. The van der Waals surface area contributed by atoms with Gasteiger partial charge in [-0.1, -0.05) is 0 Å². The summed E-state index contributed by atoms with van der Waals surface area (Å²) in [6, 6.07) is 0. The second-order valence-electron chi connectivity index (χ2n) is 6.19. The standard InChI is InChI=1S/C13H23F3N2/c1-12(2)11(13(14,15)16)5-7-18(12)9-10-4-3-6-17-8-10/h10-11,17H,3-9H2,1-2H3. The maximum Gasteiger partial charge on any atom is 0.393 e. The second-order valence-corrected chi connectivity index (χ2v) is 6.19.